The molecule has 0 bridgehead atoms. The fraction of sp³-hybridized carbons (Fsp3) is 0.647. The van der Waals surface area contributed by atoms with Crippen LogP contribution in [-0.4, -0.2) is 68.4 Å². The summed E-state index contributed by atoms with van der Waals surface area (Å²) in [7, 11) is 0. The molecule has 9 nitrogen and oxygen atoms in total. The van der Waals surface area contributed by atoms with Crippen molar-refractivity contribution in [2.75, 3.05) is 13.2 Å². The normalized spacial score (nSPS) is 34.8. The topological polar surface area (TPSA) is 114 Å². The van der Waals surface area contributed by atoms with E-state index in [0.29, 0.717) is 18.9 Å². The van der Waals surface area contributed by atoms with E-state index in [0.717, 1.165) is 17.5 Å². The van der Waals surface area contributed by atoms with Crippen molar-refractivity contribution >= 4 is 11.0 Å². The van der Waals surface area contributed by atoms with E-state index in [1.807, 2.05) is 26.1 Å². The number of aryl methyl sites for hydroxylation is 1. The number of hydrazine groups is 1. The number of hydrogen-bond acceptors (Lipinski definition) is 8. The number of fused-ring (bicyclic) bond motifs is 1. The molecule has 2 saturated heterocycles. The molecule has 0 amide bonds. The zero-order valence-corrected chi connectivity index (χ0v) is 14.9. The lowest BCUT2D eigenvalue weighted by molar-refractivity contribution is -0.0447. The lowest BCUT2D eigenvalue weighted by Crippen LogP contribution is -2.45. The van der Waals surface area contributed by atoms with Gasteiger partial charge in [-0.1, -0.05) is 0 Å². The maximum atomic E-state index is 10.6. The molecule has 26 heavy (non-hydrogen) atoms. The van der Waals surface area contributed by atoms with Crippen molar-refractivity contribution in [3.05, 3.63) is 24.3 Å². The largest absolute Gasteiger partial charge is 0.387 e. The lowest BCUT2D eigenvalue weighted by Gasteiger charge is -2.21. The summed E-state index contributed by atoms with van der Waals surface area (Å²) in [6, 6.07) is 1.93. The first-order valence-corrected chi connectivity index (χ1v) is 8.98. The fourth-order valence-corrected chi connectivity index (χ4v) is 3.79. The van der Waals surface area contributed by atoms with Gasteiger partial charge in [0.15, 0.2) is 6.23 Å². The number of aliphatic hydroxyl groups excluding tert-OH is 2. The Kier molecular flexibility index (Phi) is 4.91. The van der Waals surface area contributed by atoms with Crippen LogP contribution in [0, 0.1) is 6.92 Å². The number of aromatic nitrogens is 3. The van der Waals surface area contributed by atoms with Gasteiger partial charge in [-0.15, -0.1) is 0 Å². The second kappa shape index (κ2) is 7.18. The Morgan fingerprint density at radius 1 is 1.31 bits per heavy atom. The molecule has 0 spiro atoms. The summed E-state index contributed by atoms with van der Waals surface area (Å²) in [5.74, 6) is 0. The van der Waals surface area contributed by atoms with E-state index >= 15 is 0 Å². The molecule has 0 aromatic carbocycles. The summed E-state index contributed by atoms with van der Waals surface area (Å²) in [5.41, 5.74) is 7.87. The molecule has 2 aromatic rings. The van der Waals surface area contributed by atoms with Gasteiger partial charge in [-0.05, 0) is 26.3 Å². The Morgan fingerprint density at radius 2 is 2.15 bits per heavy atom. The van der Waals surface area contributed by atoms with E-state index in [1.54, 1.807) is 4.57 Å². The summed E-state index contributed by atoms with van der Waals surface area (Å²) < 4.78 is 13.3. The quantitative estimate of drug-likeness (QED) is 0.569. The Balaban J connectivity index is 1.52. The van der Waals surface area contributed by atoms with Crippen molar-refractivity contribution in [1.29, 1.82) is 0 Å². The predicted octanol–water partition coefficient (Wildman–Crippen LogP) is -0.369. The number of rotatable bonds is 5. The highest BCUT2D eigenvalue weighted by Crippen LogP contribution is 2.35. The summed E-state index contributed by atoms with van der Waals surface area (Å²) in [4.78, 5) is 8.49. The number of hydrogen-bond donors (Lipinski definition) is 4. The van der Waals surface area contributed by atoms with Crippen LogP contribution < -0.4 is 10.9 Å². The zero-order valence-electron chi connectivity index (χ0n) is 14.9. The molecule has 2 aliphatic rings. The fourth-order valence-electron chi connectivity index (χ4n) is 3.79. The standard InChI is InChI=1S/C17H25N5O4/c1-3-25-7-10-6-12(21-20-10)15-13(23)14(24)17(26-15)22-5-4-11-9(2)18-8-19-16(11)22/h4-5,8,10,12-15,17,20-21,23-24H,3,6-7H2,1-2H3/t10?,12?,13-,14+,15-,17+/m0/s1. The molecule has 142 valence electrons. The van der Waals surface area contributed by atoms with Gasteiger partial charge in [0.1, 0.15) is 30.3 Å². The lowest BCUT2D eigenvalue weighted by atomic mass is 10.00. The molecule has 9 heteroatoms. The van der Waals surface area contributed by atoms with E-state index in [9.17, 15) is 10.2 Å². The Morgan fingerprint density at radius 3 is 2.96 bits per heavy atom. The molecular weight excluding hydrogens is 338 g/mol. The van der Waals surface area contributed by atoms with Gasteiger partial charge in [-0.2, -0.15) is 0 Å². The van der Waals surface area contributed by atoms with Gasteiger partial charge < -0.3 is 24.3 Å². The number of aliphatic hydroxyl groups is 2. The Hall–Kier alpha value is -1.62. The van der Waals surface area contributed by atoms with Crippen LogP contribution in [0.15, 0.2) is 18.6 Å². The van der Waals surface area contributed by atoms with Gasteiger partial charge in [0.2, 0.25) is 0 Å². The molecule has 0 radical (unpaired) electrons. The highest BCUT2D eigenvalue weighted by atomic mass is 16.6. The second-order valence-corrected chi connectivity index (χ2v) is 6.88. The first-order chi connectivity index (χ1) is 12.6. The van der Waals surface area contributed by atoms with Crippen LogP contribution in [0.25, 0.3) is 11.0 Å². The van der Waals surface area contributed by atoms with Crippen molar-refractivity contribution < 1.29 is 19.7 Å². The SMILES string of the molecule is CCOCC1CC([C@@H]2O[C@@H](n3ccc4c(C)ncnc43)[C@H](O)[C@@H]2O)NN1. The summed E-state index contributed by atoms with van der Waals surface area (Å²) in [5, 5.41) is 22.0. The van der Waals surface area contributed by atoms with Gasteiger partial charge in [-0.3, -0.25) is 10.9 Å². The minimum Gasteiger partial charge on any atom is -0.387 e. The monoisotopic (exact) mass is 363 g/mol. The number of ether oxygens (including phenoxy) is 2. The molecule has 4 rings (SSSR count). The highest BCUT2D eigenvalue weighted by molar-refractivity contribution is 5.78. The molecule has 2 unspecified atom stereocenters. The van der Waals surface area contributed by atoms with Crippen LogP contribution in [0.3, 0.4) is 0 Å². The van der Waals surface area contributed by atoms with E-state index < -0.39 is 24.5 Å². The third-order valence-corrected chi connectivity index (χ3v) is 5.19. The van der Waals surface area contributed by atoms with Crippen LogP contribution >= 0.6 is 0 Å². The third kappa shape index (κ3) is 3.00. The maximum Gasteiger partial charge on any atom is 0.164 e. The van der Waals surface area contributed by atoms with Crippen LogP contribution in [0.2, 0.25) is 0 Å². The molecule has 0 aliphatic carbocycles. The number of nitrogens with one attached hydrogen (secondary N) is 2. The predicted molar refractivity (Wildman–Crippen MR) is 93.1 cm³/mol. The first-order valence-electron chi connectivity index (χ1n) is 8.98. The van der Waals surface area contributed by atoms with Crippen LogP contribution in [0.4, 0.5) is 0 Å². The minimum atomic E-state index is -1.04. The molecule has 4 N–H and O–H groups in total. The molecular formula is C17H25N5O4. The number of nitrogens with zero attached hydrogens (tertiary/aromatic N) is 3. The second-order valence-electron chi connectivity index (χ2n) is 6.88. The van der Waals surface area contributed by atoms with Crippen molar-refractivity contribution in [2.45, 2.75) is 56.9 Å². The van der Waals surface area contributed by atoms with Gasteiger partial charge >= 0.3 is 0 Å². The Bertz CT molecular complexity index is 769. The van der Waals surface area contributed by atoms with Crippen molar-refractivity contribution in [3.63, 3.8) is 0 Å². The van der Waals surface area contributed by atoms with Crippen LogP contribution in [0.5, 0.6) is 0 Å². The molecule has 0 saturated carbocycles. The van der Waals surface area contributed by atoms with E-state index in [2.05, 4.69) is 20.8 Å². The van der Waals surface area contributed by atoms with E-state index in [4.69, 9.17) is 9.47 Å². The Labute approximate surface area is 151 Å². The molecule has 4 heterocycles. The molecule has 2 aliphatic heterocycles. The van der Waals surface area contributed by atoms with Gasteiger partial charge in [0, 0.05) is 24.2 Å². The molecule has 2 fully saturated rings. The average Bonchev–Trinajstić information content (AvgIpc) is 3.33. The summed E-state index contributed by atoms with van der Waals surface area (Å²) in [6.07, 6.45) is 0.778. The smallest absolute Gasteiger partial charge is 0.164 e. The summed E-state index contributed by atoms with van der Waals surface area (Å²) >= 11 is 0. The van der Waals surface area contributed by atoms with E-state index in [1.165, 1.54) is 6.33 Å². The van der Waals surface area contributed by atoms with E-state index in [-0.39, 0.29) is 12.1 Å². The van der Waals surface area contributed by atoms with Crippen LogP contribution in [-0.2, 0) is 9.47 Å². The minimum absolute atomic E-state index is 0.117. The average molecular weight is 363 g/mol. The maximum absolute atomic E-state index is 10.6. The third-order valence-electron chi connectivity index (χ3n) is 5.19. The van der Waals surface area contributed by atoms with Gasteiger partial charge in [0.05, 0.1) is 18.3 Å². The van der Waals surface area contributed by atoms with Crippen molar-refractivity contribution in [3.8, 4) is 0 Å². The van der Waals surface area contributed by atoms with Crippen molar-refractivity contribution in [1.82, 2.24) is 25.4 Å². The summed E-state index contributed by atoms with van der Waals surface area (Å²) in [6.45, 7) is 5.11. The first kappa shape index (κ1) is 17.8. The molecule has 2 aromatic heterocycles. The molecule has 6 atom stereocenters. The van der Waals surface area contributed by atoms with Gasteiger partial charge in [-0.25, -0.2) is 9.97 Å². The highest BCUT2D eigenvalue weighted by Gasteiger charge is 2.49. The van der Waals surface area contributed by atoms with Crippen LogP contribution in [0.1, 0.15) is 25.3 Å². The van der Waals surface area contributed by atoms with Gasteiger partial charge in [0.25, 0.3) is 0 Å². The zero-order chi connectivity index (χ0) is 18.3. The van der Waals surface area contributed by atoms with Crippen molar-refractivity contribution in [2.24, 2.45) is 0 Å².